The third-order valence-electron chi connectivity index (χ3n) is 2.62. The number of rotatable bonds is 2. The quantitative estimate of drug-likeness (QED) is 0.796. The molecule has 1 aromatic carbocycles. The summed E-state index contributed by atoms with van der Waals surface area (Å²) in [7, 11) is 0. The molecule has 0 aromatic heterocycles. The Labute approximate surface area is 117 Å². The number of anilines is 1. The summed E-state index contributed by atoms with van der Waals surface area (Å²) in [6, 6.07) is 5.88. The van der Waals surface area contributed by atoms with Crippen LogP contribution in [0.4, 0.5) is 5.69 Å². The molecule has 0 spiro atoms. The van der Waals surface area contributed by atoms with Crippen molar-refractivity contribution in [2.45, 2.75) is 6.42 Å². The molecule has 1 heterocycles. The Morgan fingerprint density at radius 3 is 2.44 bits per heavy atom. The Bertz CT molecular complexity index is 404. The fourth-order valence-electron chi connectivity index (χ4n) is 1.85. The summed E-state index contributed by atoms with van der Waals surface area (Å²) < 4.78 is 1.94. The van der Waals surface area contributed by atoms with E-state index in [1.807, 2.05) is 23.1 Å². The van der Waals surface area contributed by atoms with E-state index in [0.29, 0.717) is 12.3 Å². The van der Waals surface area contributed by atoms with Gasteiger partial charge in [0.1, 0.15) is 0 Å². The summed E-state index contributed by atoms with van der Waals surface area (Å²) in [5.74, 6) is 1.31. The van der Waals surface area contributed by atoms with Gasteiger partial charge in [0.15, 0.2) is 0 Å². The molecule has 1 fully saturated rings. The fourth-order valence-corrected chi connectivity index (χ4v) is 3.36. The van der Waals surface area contributed by atoms with Crippen LogP contribution in [-0.4, -0.2) is 18.2 Å². The Kier molecular flexibility index (Phi) is 3.97. The molecule has 0 saturated carbocycles. The highest BCUT2D eigenvalue weighted by Crippen LogP contribution is 2.30. The predicted molar refractivity (Wildman–Crippen MR) is 76.2 cm³/mol. The van der Waals surface area contributed by atoms with Gasteiger partial charge in [-0.25, -0.2) is 0 Å². The van der Waals surface area contributed by atoms with E-state index < -0.39 is 0 Å². The molecular formula is C11H11Br2NOS. The van der Waals surface area contributed by atoms with Crippen molar-refractivity contribution in [1.29, 1.82) is 0 Å². The lowest BCUT2D eigenvalue weighted by atomic mass is 10.1. The molecule has 0 aliphatic carbocycles. The van der Waals surface area contributed by atoms with Crippen LogP contribution >= 0.6 is 44.5 Å². The highest BCUT2D eigenvalue weighted by molar-refractivity contribution is 9.11. The van der Waals surface area contributed by atoms with Gasteiger partial charge in [0.25, 0.3) is 0 Å². The molecule has 5 heteroatoms. The van der Waals surface area contributed by atoms with E-state index in [9.17, 15) is 4.79 Å². The van der Waals surface area contributed by atoms with Crippen molar-refractivity contribution in [3.8, 4) is 0 Å². The standard InChI is InChI=1S/C11H11Br2NOS/c12-8-2-9(13)4-10(3-8)14-5-7(6-16)1-11(14)15/h2-4,7,16H,1,5-6H2. The summed E-state index contributed by atoms with van der Waals surface area (Å²) in [5, 5.41) is 0. The topological polar surface area (TPSA) is 20.3 Å². The van der Waals surface area contributed by atoms with Gasteiger partial charge >= 0.3 is 0 Å². The van der Waals surface area contributed by atoms with Gasteiger partial charge < -0.3 is 4.90 Å². The van der Waals surface area contributed by atoms with E-state index in [2.05, 4.69) is 44.5 Å². The Morgan fingerprint density at radius 2 is 1.94 bits per heavy atom. The van der Waals surface area contributed by atoms with Crippen LogP contribution < -0.4 is 4.90 Å². The van der Waals surface area contributed by atoms with Gasteiger partial charge in [-0.1, -0.05) is 31.9 Å². The minimum absolute atomic E-state index is 0.184. The molecule has 1 saturated heterocycles. The average Bonchev–Trinajstić information content (AvgIpc) is 2.58. The molecule has 1 aliphatic rings. The number of hydrogen-bond acceptors (Lipinski definition) is 2. The summed E-state index contributed by atoms with van der Waals surface area (Å²) in [5.41, 5.74) is 0.940. The maximum absolute atomic E-state index is 11.8. The van der Waals surface area contributed by atoms with Gasteiger partial charge in [-0.2, -0.15) is 12.6 Å². The van der Waals surface area contributed by atoms with Crippen LogP contribution in [0.1, 0.15) is 6.42 Å². The molecule has 0 bridgehead atoms. The second-order valence-electron chi connectivity index (χ2n) is 3.88. The number of hydrogen-bond donors (Lipinski definition) is 1. The number of carbonyl (C=O) groups is 1. The molecule has 16 heavy (non-hydrogen) atoms. The van der Waals surface area contributed by atoms with Crippen LogP contribution in [-0.2, 0) is 4.79 Å². The first-order valence-corrected chi connectivity index (χ1v) is 7.19. The number of amides is 1. The molecule has 1 amide bonds. The van der Waals surface area contributed by atoms with E-state index in [1.54, 1.807) is 0 Å². The number of carbonyl (C=O) groups excluding carboxylic acids is 1. The lowest BCUT2D eigenvalue weighted by Crippen LogP contribution is -2.24. The minimum Gasteiger partial charge on any atom is -0.312 e. The molecule has 0 N–H and O–H groups in total. The average molecular weight is 365 g/mol. The zero-order valence-corrected chi connectivity index (χ0v) is 12.6. The van der Waals surface area contributed by atoms with Crippen molar-refractivity contribution in [3.05, 3.63) is 27.1 Å². The van der Waals surface area contributed by atoms with Gasteiger partial charge in [-0.15, -0.1) is 0 Å². The summed E-state index contributed by atoms with van der Waals surface area (Å²) in [6.45, 7) is 0.769. The van der Waals surface area contributed by atoms with Crippen molar-refractivity contribution >= 4 is 56.1 Å². The van der Waals surface area contributed by atoms with Crippen molar-refractivity contribution in [1.82, 2.24) is 0 Å². The third kappa shape index (κ3) is 2.63. The van der Waals surface area contributed by atoms with Crippen LogP contribution in [0.2, 0.25) is 0 Å². The number of thiol groups is 1. The van der Waals surface area contributed by atoms with Crippen molar-refractivity contribution in [2.24, 2.45) is 5.92 Å². The predicted octanol–water partition coefficient (Wildman–Crippen LogP) is 3.49. The van der Waals surface area contributed by atoms with Gasteiger partial charge in [0.2, 0.25) is 5.91 Å². The first kappa shape index (κ1) is 12.5. The number of benzene rings is 1. The molecule has 1 unspecified atom stereocenters. The van der Waals surface area contributed by atoms with Crippen molar-refractivity contribution < 1.29 is 4.79 Å². The van der Waals surface area contributed by atoms with Crippen LogP contribution in [0.3, 0.4) is 0 Å². The molecule has 1 aliphatic heterocycles. The van der Waals surface area contributed by atoms with Crippen LogP contribution in [0.15, 0.2) is 27.1 Å². The normalized spacial score (nSPS) is 20.6. The first-order valence-electron chi connectivity index (χ1n) is 4.97. The minimum atomic E-state index is 0.184. The maximum atomic E-state index is 11.8. The monoisotopic (exact) mass is 363 g/mol. The zero-order chi connectivity index (χ0) is 11.7. The number of halogens is 2. The van der Waals surface area contributed by atoms with Crippen LogP contribution in [0, 0.1) is 5.92 Å². The van der Waals surface area contributed by atoms with Gasteiger partial charge in [0, 0.05) is 27.6 Å². The van der Waals surface area contributed by atoms with Crippen molar-refractivity contribution in [2.75, 3.05) is 17.2 Å². The fraction of sp³-hybridized carbons (Fsp3) is 0.364. The largest absolute Gasteiger partial charge is 0.312 e. The molecule has 1 atom stereocenters. The zero-order valence-electron chi connectivity index (χ0n) is 8.49. The molecule has 2 nitrogen and oxygen atoms in total. The summed E-state index contributed by atoms with van der Waals surface area (Å²) in [6.07, 6.45) is 0.605. The van der Waals surface area contributed by atoms with E-state index >= 15 is 0 Å². The Balaban J connectivity index is 2.27. The molecule has 86 valence electrons. The van der Waals surface area contributed by atoms with Crippen molar-refractivity contribution in [3.63, 3.8) is 0 Å². The Hall–Kier alpha value is -0.000000000000000111. The van der Waals surface area contributed by atoms with Crippen LogP contribution in [0.25, 0.3) is 0 Å². The summed E-state index contributed by atoms with van der Waals surface area (Å²) in [4.78, 5) is 13.7. The molecule has 1 aromatic rings. The van der Waals surface area contributed by atoms with E-state index in [0.717, 1.165) is 26.9 Å². The Morgan fingerprint density at radius 1 is 1.31 bits per heavy atom. The maximum Gasteiger partial charge on any atom is 0.227 e. The lowest BCUT2D eigenvalue weighted by molar-refractivity contribution is -0.117. The van der Waals surface area contributed by atoms with E-state index in [1.165, 1.54) is 0 Å². The highest BCUT2D eigenvalue weighted by atomic mass is 79.9. The van der Waals surface area contributed by atoms with Gasteiger partial charge in [-0.3, -0.25) is 4.79 Å². The van der Waals surface area contributed by atoms with E-state index in [-0.39, 0.29) is 5.91 Å². The molecule has 2 rings (SSSR count). The van der Waals surface area contributed by atoms with Gasteiger partial charge in [0.05, 0.1) is 0 Å². The van der Waals surface area contributed by atoms with Crippen LogP contribution in [0.5, 0.6) is 0 Å². The first-order chi connectivity index (χ1) is 7.60. The van der Waals surface area contributed by atoms with E-state index in [4.69, 9.17) is 0 Å². The van der Waals surface area contributed by atoms with Gasteiger partial charge in [-0.05, 0) is 29.9 Å². The molecule has 0 radical (unpaired) electrons. The number of nitrogens with zero attached hydrogens (tertiary/aromatic N) is 1. The SMILES string of the molecule is O=C1CC(CS)CN1c1cc(Br)cc(Br)c1. The second kappa shape index (κ2) is 5.10. The summed E-state index contributed by atoms with van der Waals surface area (Å²) >= 11 is 11.1. The molecular weight excluding hydrogens is 354 g/mol. The second-order valence-corrected chi connectivity index (χ2v) is 6.08. The third-order valence-corrected chi connectivity index (χ3v) is 4.05. The highest BCUT2D eigenvalue weighted by Gasteiger charge is 2.29. The lowest BCUT2D eigenvalue weighted by Gasteiger charge is -2.17. The smallest absolute Gasteiger partial charge is 0.227 e.